The summed E-state index contributed by atoms with van der Waals surface area (Å²) in [7, 11) is 0. The van der Waals surface area contributed by atoms with Crippen LogP contribution in [0.15, 0.2) is 36.7 Å². The van der Waals surface area contributed by atoms with Crippen molar-refractivity contribution >= 4 is 17.3 Å². The maximum Gasteiger partial charge on any atom is 0.342 e. The fourth-order valence-electron chi connectivity index (χ4n) is 2.66. The number of benzene rings is 1. The number of rotatable bonds is 5. The monoisotopic (exact) mass is 389 g/mol. The number of nitrogens with zero attached hydrogens (tertiary/aromatic N) is 2. The summed E-state index contributed by atoms with van der Waals surface area (Å²) >= 11 is 1.38. The highest BCUT2D eigenvalue weighted by Gasteiger charge is 2.25. The summed E-state index contributed by atoms with van der Waals surface area (Å²) in [6.07, 6.45) is 2.09. The van der Waals surface area contributed by atoms with Crippen LogP contribution in [0, 0.1) is 5.82 Å². The van der Waals surface area contributed by atoms with Crippen LogP contribution >= 0.6 is 11.3 Å². The van der Waals surface area contributed by atoms with Crippen molar-refractivity contribution in [3.05, 3.63) is 57.9 Å². The Morgan fingerprint density at radius 3 is 2.78 bits per heavy atom. The number of hydrogen-bond acceptors (Lipinski definition) is 7. The second-order valence-corrected chi connectivity index (χ2v) is 6.98. The highest BCUT2D eigenvalue weighted by Crippen LogP contribution is 2.32. The van der Waals surface area contributed by atoms with Crippen molar-refractivity contribution in [3.8, 4) is 11.3 Å². The van der Waals surface area contributed by atoms with Gasteiger partial charge in [0.25, 0.3) is 0 Å². The molecule has 1 aliphatic rings. The summed E-state index contributed by atoms with van der Waals surface area (Å²) in [4.78, 5) is 17.7. The molecule has 0 aliphatic carbocycles. The molecule has 1 aromatic carbocycles. The molecule has 0 bridgehead atoms. The summed E-state index contributed by atoms with van der Waals surface area (Å²) in [6, 6.07) is 5.78. The Morgan fingerprint density at radius 2 is 2.04 bits per heavy atom. The van der Waals surface area contributed by atoms with E-state index in [2.05, 4.69) is 15.2 Å². The standard InChI is InChI=1S/C18H16FN3O4S/c1-10(14-9-20-16(27-14)18-24-6-7-25-18)26-17(23)13-8-21-22-15(13)11-2-4-12(19)5-3-11/h2-5,8-10,18H,6-7H2,1H3,(H,21,22). The molecule has 1 saturated heterocycles. The van der Waals surface area contributed by atoms with Crippen LogP contribution in [-0.4, -0.2) is 34.4 Å². The predicted octanol–water partition coefficient (Wildman–Crippen LogP) is 3.64. The molecular weight excluding hydrogens is 373 g/mol. The van der Waals surface area contributed by atoms with Crippen LogP contribution in [0.1, 0.15) is 39.6 Å². The van der Waals surface area contributed by atoms with Crippen molar-refractivity contribution in [1.29, 1.82) is 0 Å². The van der Waals surface area contributed by atoms with E-state index in [9.17, 15) is 9.18 Å². The number of hydrogen-bond donors (Lipinski definition) is 1. The molecule has 1 fully saturated rings. The van der Waals surface area contributed by atoms with E-state index >= 15 is 0 Å². The van der Waals surface area contributed by atoms with E-state index in [1.165, 1.54) is 29.7 Å². The first-order chi connectivity index (χ1) is 13.1. The van der Waals surface area contributed by atoms with Gasteiger partial charge in [-0.1, -0.05) is 0 Å². The minimum absolute atomic E-state index is 0.278. The average Bonchev–Trinajstić information content (AvgIpc) is 3.41. The number of aromatic amines is 1. The van der Waals surface area contributed by atoms with Gasteiger partial charge in [0.15, 0.2) is 0 Å². The number of aromatic nitrogens is 3. The minimum atomic E-state index is -0.529. The smallest absolute Gasteiger partial charge is 0.342 e. The van der Waals surface area contributed by atoms with Crippen LogP contribution in [0.25, 0.3) is 11.3 Å². The molecule has 140 valence electrons. The Balaban J connectivity index is 1.48. The number of esters is 1. The Hall–Kier alpha value is -2.62. The third kappa shape index (κ3) is 3.75. The van der Waals surface area contributed by atoms with Crippen molar-refractivity contribution in [2.45, 2.75) is 19.3 Å². The van der Waals surface area contributed by atoms with Crippen molar-refractivity contribution in [2.75, 3.05) is 13.2 Å². The molecule has 3 aromatic rings. The summed E-state index contributed by atoms with van der Waals surface area (Å²) in [6.45, 7) is 2.84. The van der Waals surface area contributed by atoms with E-state index < -0.39 is 18.4 Å². The number of H-pyrrole nitrogens is 1. The Kier molecular flexibility index (Phi) is 4.97. The van der Waals surface area contributed by atoms with Gasteiger partial charge >= 0.3 is 5.97 Å². The maximum absolute atomic E-state index is 13.1. The lowest BCUT2D eigenvalue weighted by atomic mass is 10.1. The average molecular weight is 389 g/mol. The second kappa shape index (κ2) is 7.55. The lowest BCUT2D eigenvalue weighted by Gasteiger charge is -2.11. The molecule has 1 atom stereocenters. The molecule has 1 N–H and O–H groups in total. The van der Waals surface area contributed by atoms with Gasteiger partial charge in [-0.3, -0.25) is 5.10 Å². The van der Waals surface area contributed by atoms with Gasteiger partial charge in [0.2, 0.25) is 6.29 Å². The molecular formula is C18H16FN3O4S. The molecule has 27 heavy (non-hydrogen) atoms. The third-order valence-corrected chi connectivity index (χ3v) is 5.22. The zero-order valence-electron chi connectivity index (χ0n) is 14.3. The Bertz CT molecular complexity index is 934. The topological polar surface area (TPSA) is 86.3 Å². The Morgan fingerprint density at radius 1 is 1.30 bits per heavy atom. The van der Waals surface area contributed by atoms with Crippen LogP contribution in [0.4, 0.5) is 4.39 Å². The SMILES string of the molecule is CC(OC(=O)c1cn[nH]c1-c1ccc(F)cc1)c1cnc(C2OCCO2)s1. The second-order valence-electron chi connectivity index (χ2n) is 5.89. The highest BCUT2D eigenvalue weighted by molar-refractivity contribution is 7.11. The largest absolute Gasteiger partial charge is 0.453 e. The molecule has 3 heterocycles. The van der Waals surface area contributed by atoms with E-state index in [0.717, 1.165) is 4.88 Å². The fraction of sp³-hybridized carbons (Fsp3) is 0.278. The molecule has 4 rings (SSSR count). The number of halogens is 1. The Labute approximate surface area is 158 Å². The molecule has 9 heteroatoms. The van der Waals surface area contributed by atoms with Gasteiger partial charge in [-0.25, -0.2) is 14.2 Å². The van der Waals surface area contributed by atoms with Gasteiger partial charge in [0.1, 0.15) is 22.5 Å². The summed E-state index contributed by atoms with van der Waals surface area (Å²) in [5, 5.41) is 7.37. The third-order valence-electron chi connectivity index (χ3n) is 4.04. The van der Waals surface area contributed by atoms with E-state index in [0.29, 0.717) is 29.5 Å². The van der Waals surface area contributed by atoms with Gasteiger partial charge in [0.05, 0.1) is 30.0 Å². The van der Waals surface area contributed by atoms with Crippen LogP contribution in [0.2, 0.25) is 0 Å². The molecule has 7 nitrogen and oxygen atoms in total. The molecule has 0 saturated carbocycles. The zero-order valence-corrected chi connectivity index (χ0v) is 15.2. The summed E-state index contributed by atoms with van der Waals surface area (Å²) < 4.78 is 29.5. The van der Waals surface area contributed by atoms with Crippen LogP contribution in [0.3, 0.4) is 0 Å². The van der Waals surface area contributed by atoms with Gasteiger partial charge < -0.3 is 14.2 Å². The van der Waals surface area contributed by atoms with Crippen molar-refractivity contribution in [3.63, 3.8) is 0 Å². The molecule has 0 spiro atoms. The number of carbonyl (C=O) groups is 1. The van der Waals surface area contributed by atoms with Crippen molar-refractivity contribution < 1.29 is 23.4 Å². The first-order valence-corrected chi connectivity index (χ1v) is 9.12. The molecule has 1 unspecified atom stereocenters. The lowest BCUT2D eigenvalue weighted by molar-refractivity contribution is -0.0442. The first-order valence-electron chi connectivity index (χ1n) is 8.31. The quantitative estimate of drug-likeness (QED) is 0.671. The van der Waals surface area contributed by atoms with Crippen molar-refractivity contribution in [2.24, 2.45) is 0 Å². The van der Waals surface area contributed by atoms with Crippen LogP contribution in [-0.2, 0) is 14.2 Å². The van der Waals surface area contributed by atoms with Gasteiger partial charge in [-0.2, -0.15) is 5.10 Å². The maximum atomic E-state index is 13.1. The van der Waals surface area contributed by atoms with Gasteiger partial charge in [0, 0.05) is 11.8 Å². The zero-order chi connectivity index (χ0) is 18.8. The molecule has 2 aromatic heterocycles. The van der Waals surface area contributed by atoms with Crippen molar-refractivity contribution in [1.82, 2.24) is 15.2 Å². The number of ether oxygens (including phenoxy) is 3. The highest BCUT2D eigenvalue weighted by atomic mass is 32.1. The normalized spacial score (nSPS) is 15.8. The fourth-order valence-corrected chi connectivity index (χ4v) is 3.56. The minimum Gasteiger partial charge on any atom is -0.453 e. The summed E-state index contributed by atoms with van der Waals surface area (Å²) in [5.74, 6) is -0.883. The molecule has 1 aliphatic heterocycles. The van der Waals surface area contributed by atoms with E-state index in [1.54, 1.807) is 25.3 Å². The van der Waals surface area contributed by atoms with E-state index in [1.807, 2.05) is 0 Å². The number of thiazole rings is 1. The van der Waals surface area contributed by atoms with Crippen LogP contribution in [0.5, 0.6) is 0 Å². The van der Waals surface area contributed by atoms with Crippen LogP contribution < -0.4 is 0 Å². The first kappa shape index (κ1) is 17.8. The van der Waals surface area contributed by atoms with E-state index in [-0.39, 0.29) is 11.4 Å². The lowest BCUT2D eigenvalue weighted by Crippen LogP contribution is -2.08. The predicted molar refractivity (Wildman–Crippen MR) is 94.6 cm³/mol. The molecule has 0 radical (unpaired) electrons. The molecule has 0 amide bonds. The summed E-state index contributed by atoms with van der Waals surface area (Å²) in [5.41, 5.74) is 1.40. The number of nitrogens with one attached hydrogen (secondary N) is 1. The van der Waals surface area contributed by atoms with Gasteiger partial charge in [-0.05, 0) is 31.2 Å². The van der Waals surface area contributed by atoms with Gasteiger partial charge in [-0.15, -0.1) is 11.3 Å². The van der Waals surface area contributed by atoms with E-state index in [4.69, 9.17) is 14.2 Å². The number of carbonyl (C=O) groups excluding carboxylic acids is 1.